The Kier molecular flexibility index (Phi) is 7.09. The smallest absolute Gasteiger partial charge is 0.360 e. The van der Waals surface area contributed by atoms with E-state index in [0.717, 1.165) is 19.3 Å². The first-order chi connectivity index (χ1) is 6.58. The van der Waals surface area contributed by atoms with Crippen molar-refractivity contribution in [1.82, 2.24) is 0 Å². The van der Waals surface area contributed by atoms with Gasteiger partial charge in [0.25, 0.3) is 0 Å². The van der Waals surface area contributed by atoms with Gasteiger partial charge in [0.1, 0.15) is 0 Å². The molecule has 1 N–H and O–H groups in total. The highest BCUT2D eigenvalue weighted by Gasteiger charge is 2.24. The molecular weight excluding hydrogens is 196 g/mol. The third-order valence-corrected chi connectivity index (χ3v) is 4.83. The highest BCUT2D eigenvalue weighted by molar-refractivity contribution is 6.71. The lowest BCUT2D eigenvalue weighted by molar-refractivity contribution is 0.161. The van der Waals surface area contributed by atoms with E-state index in [1.54, 1.807) is 14.2 Å². The van der Waals surface area contributed by atoms with E-state index in [1.165, 1.54) is 0 Å². The van der Waals surface area contributed by atoms with Crippen LogP contribution in [0.1, 0.15) is 26.2 Å². The van der Waals surface area contributed by atoms with Crippen LogP contribution in [0.3, 0.4) is 0 Å². The highest BCUT2D eigenvalue weighted by atomic mass is 28.4. The largest absolute Gasteiger partial charge is 0.395 e. The molecule has 0 rings (SSSR count). The predicted molar refractivity (Wildman–Crippen MR) is 60.3 cm³/mol. The minimum atomic E-state index is -2.04. The monoisotopic (exact) mass is 218 g/mol. The quantitative estimate of drug-likeness (QED) is 0.664. The lowest BCUT2D eigenvalue weighted by atomic mass is 10.1. The van der Waals surface area contributed by atoms with Crippen LogP contribution in [-0.4, -0.2) is 34.0 Å². The number of hydrogen-bond acceptors (Lipinski definition) is 3. The second-order valence-electron chi connectivity index (χ2n) is 3.47. The molecule has 14 heavy (non-hydrogen) atoms. The first-order valence-corrected chi connectivity index (χ1v) is 7.43. The average Bonchev–Trinajstić information content (AvgIpc) is 2.23. The van der Waals surface area contributed by atoms with Crippen LogP contribution in [0.4, 0.5) is 0 Å². The number of hydrogen-bond donors (Lipinski definition) is 1. The average molecular weight is 218 g/mol. The van der Waals surface area contributed by atoms with E-state index in [2.05, 4.69) is 0 Å². The molecule has 0 radical (unpaired) electrons. The number of aliphatic hydroxyl groups excluding tert-OH is 1. The summed E-state index contributed by atoms with van der Waals surface area (Å²) in [4.78, 5) is 0. The van der Waals surface area contributed by atoms with E-state index in [-0.39, 0.29) is 6.10 Å². The van der Waals surface area contributed by atoms with E-state index < -0.39 is 8.56 Å². The zero-order valence-electron chi connectivity index (χ0n) is 9.62. The van der Waals surface area contributed by atoms with Crippen molar-refractivity contribution in [2.45, 2.75) is 38.8 Å². The molecule has 0 amide bonds. The fourth-order valence-corrected chi connectivity index (χ4v) is 2.04. The van der Waals surface area contributed by atoms with Crippen LogP contribution in [0.25, 0.3) is 0 Å². The Morgan fingerprint density at radius 3 is 2.36 bits per heavy atom. The molecule has 84 valence electrons. The molecule has 0 aromatic carbocycles. The zero-order chi connectivity index (χ0) is 11.0. The van der Waals surface area contributed by atoms with Crippen LogP contribution in [0.2, 0.25) is 6.55 Å². The summed E-state index contributed by atoms with van der Waals surface area (Å²) in [5.41, 5.74) is 2.01. The van der Waals surface area contributed by atoms with Crippen molar-refractivity contribution in [2.75, 3.05) is 14.2 Å². The Labute approximate surface area is 88.0 Å². The maximum absolute atomic E-state index is 9.32. The van der Waals surface area contributed by atoms with Gasteiger partial charge in [0, 0.05) is 14.2 Å². The van der Waals surface area contributed by atoms with Crippen molar-refractivity contribution >= 4 is 8.56 Å². The Morgan fingerprint density at radius 2 is 1.93 bits per heavy atom. The molecule has 0 bridgehead atoms. The molecule has 0 fully saturated rings. The molecule has 0 aliphatic heterocycles. The van der Waals surface area contributed by atoms with Crippen LogP contribution >= 0.6 is 0 Å². The van der Waals surface area contributed by atoms with Gasteiger partial charge >= 0.3 is 8.56 Å². The summed E-state index contributed by atoms with van der Waals surface area (Å²) < 4.78 is 10.6. The Bertz CT molecular complexity index is 167. The molecule has 0 heterocycles. The molecule has 0 aromatic heterocycles. The normalized spacial score (nSPS) is 14.9. The Hall–Kier alpha value is -0.163. The lowest BCUT2D eigenvalue weighted by Gasteiger charge is -2.18. The molecule has 1 atom stereocenters. The SMILES string of the molecule is CCC(O)CC/C=C\[Si](C)(OC)OC. The van der Waals surface area contributed by atoms with Gasteiger partial charge in [-0.15, -0.1) is 0 Å². The Morgan fingerprint density at radius 1 is 1.36 bits per heavy atom. The molecule has 4 heteroatoms. The topological polar surface area (TPSA) is 38.7 Å². The molecule has 0 saturated heterocycles. The molecular formula is C10H22O3Si. The fraction of sp³-hybridized carbons (Fsp3) is 0.800. The van der Waals surface area contributed by atoms with Crippen molar-refractivity contribution in [1.29, 1.82) is 0 Å². The summed E-state index contributed by atoms with van der Waals surface area (Å²) >= 11 is 0. The Balaban J connectivity index is 3.81. The first kappa shape index (κ1) is 13.8. The molecule has 0 aliphatic rings. The summed E-state index contributed by atoms with van der Waals surface area (Å²) in [5, 5.41) is 9.32. The van der Waals surface area contributed by atoms with Crippen LogP contribution < -0.4 is 0 Å². The van der Waals surface area contributed by atoms with Crippen molar-refractivity contribution in [3.63, 3.8) is 0 Å². The highest BCUT2D eigenvalue weighted by Crippen LogP contribution is 2.08. The molecule has 0 spiro atoms. The van der Waals surface area contributed by atoms with Crippen molar-refractivity contribution in [3.05, 3.63) is 11.8 Å². The molecule has 1 unspecified atom stereocenters. The first-order valence-electron chi connectivity index (χ1n) is 5.04. The molecule has 0 saturated carbocycles. The van der Waals surface area contributed by atoms with Gasteiger partial charge in [-0.25, -0.2) is 0 Å². The van der Waals surface area contributed by atoms with Gasteiger partial charge in [-0.05, 0) is 31.5 Å². The zero-order valence-corrected chi connectivity index (χ0v) is 10.6. The van der Waals surface area contributed by atoms with E-state index in [4.69, 9.17) is 8.85 Å². The van der Waals surface area contributed by atoms with E-state index >= 15 is 0 Å². The van der Waals surface area contributed by atoms with Gasteiger partial charge in [-0.3, -0.25) is 0 Å². The summed E-state index contributed by atoms with van der Waals surface area (Å²) in [6.45, 7) is 3.97. The third kappa shape index (κ3) is 5.54. The maximum atomic E-state index is 9.32. The van der Waals surface area contributed by atoms with Crippen LogP contribution in [0.5, 0.6) is 0 Å². The van der Waals surface area contributed by atoms with Gasteiger partial charge < -0.3 is 14.0 Å². The fourth-order valence-electron chi connectivity index (χ4n) is 1.01. The van der Waals surface area contributed by atoms with Gasteiger partial charge in [0.2, 0.25) is 0 Å². The van der Waals surface area contributed by atoms with Crippen molar-refractivity contribution in [3.8, 4) is 0 Å². The van der Waals surface area contributed by atoms with Gasteiger partial charge in [0.15, 0.2) is 0 Å². The van der Waals surface area contributed by atoms with Crippen molar-refractivity contribution < 1.29 is 14.0 Å². The predicted octanol–water partition coefficient (Wildman–Crippen LogP) is 2.00. The summed E-state index contributed by atoms with van der Waals surface area (Å²) in [7, 11) is 1.29. The van der Waals surface area contributed by atoms with Gasteiger partial charge in [-0.1, -0.05) is 13.0 Å². The summed E-state index contributed by atoms with van der Waals surface area (Å²) in [5.74, 6) is 0. The number of allylic oxidation sites excluding steroid dienone is 1. The number of rotatable bonds is 7. The summed E-state index contributed by atoms with van der Waals surface area (Å²) in [6, 6.07) is 0. The van der Waals surface area contributed by atoms with Crippen LogP contribution in [-0.2, 0) is 8.85 Å². The number of aliphatic hydroxyl groups is 1. The van der Waals surface area contributed by atoms with Crippen LogP contribution in [0, 0.1) is 0 Å². The standard InChI is InChI=1S/C10H22O3Si/c1-5-10(11)8-6-7-9-14(4,12-2)13-3/h7,9-11H,5-6,8H2,1-4H3/b9-7-. The minimum absolute atomic E-state index is 0.183. The molecule has 3 nitrogen and oxygen atoms in total. The third-order valence-electron chi connectivity index (χ3n) is 2.37. The summed E-state index contributed by atoms with van der Waals surface area (Å²) in [6.07, 6.45) is 4.36. The molecule has 0 aromatic rings. The second kappa shape index (κ2) is 7.17. The molecule has 0 aliphatic carbocycles. The van der Waals surface area contributed by atoms with Gasteiger partial charge in [0.05, 0.1) is 6.10 Å². The van der Waals surface area contributed by atoms with Crippen LogP contribution in [0.15, 0.2) is 11.8 Å². The second-order valence-corrected chi connectivity index (χ2v) is 6.65. The minimum Gasteiger partial charge on any atom is -0.395 e. The van der Waals surface area contributed by atoms with E-state index in [9.17, 15) is 5.11 Å². The lowest BCUT2D eigenvalue weighted by Crippen LogP contribution is -2.33. The van der Waals surface area contributed by atoms with Gasteiger partial charge in [-0.2, -0.15) is 0 Å². The van der Waals surface area contributed by atoms with Crippen molar-refractivity contribution in [2.24, 2.45) is 0 Å². The van der Waals surface area contributed by atoms with E-state index in [1.807, 2.05) is 25.2 Å². The maximum Gasteiger partial charge on any atom is 0.360 e. The van der Waals surface area contributed by atoms with E-state index in [0.29, 0.717) is 0 Å².